The Labute approximate surface area is 203 Å². The summed E-state index contributed by atoms with van der Waals surface area (Å²) in [6.45, 7) is 5.25. The van der Waals surface area contributed by atoms with Gasteiger partial charge in [-0.1, -0.05) is 12.8 Å². The number of rotatable bonds is 6. The Hall–Kier alpha value is -1.62. The molecule has 174 valence electrons. The number of amides is 1. The van der Waals surface area contributed by atoms with Crippen LogP contribution in [0.2, 0.25) is 0 Å². The van der Waals surface area contributed by atoms with E-state index in [1.54, 1.807) is 7.05 Å². The molecule has 0 bridgehead atoms. The monoisotopic (exact) mass is 543 g/mol. The van der Waals surface area contributed by atoms with Crippen molar-refractivity contribution in [3.8, 4) is 0 Å². The molecule has 0 saturated carbocycles. The second kappa shape index (κ2) is 13.7. The van der Waals surface area contributed by atoms with E-state index in [1.165, 1.54) is 31.2 Å². The lowest BCUT2D eigenvalue weighted by Crippen LogP contribution is -2.49. The zero-order valence-corrected chi connectivity index (χ0v) is 21.2. The van der Waals surface area contributed by atoms with Gasteiger partial charge < -0.3 is 20.9 Å². The van der Waals surface area contributed by atoms with E-state index in [0.29, 0.717) is 12.6 Å². The first-order valence-corrected chi connectivity index (χ1v) is 11.3. The molecular formula is C22H38IN7O. The van der Waals surface area contributed by atoms with E-state index in [1.807, 2.05) is 13.2 Å². The van der Waals surface area contributed by atoms with Crippen LogP contribution in [0.25, 0.3) is 0 Å². The number of piperidine rings is 1. The summed E-state index contributed by atoms with van der Waals surface area (Å²) >= 11 is 0. The van der Waals surface area contributed by atoms with Crippen molar-refractivity contribution in [1.29, 1.82) is 0 Å². The van der Waals surface area contributed by atoms with Gasteiger partial charge in [-0.05, 0) is 43.4 Å². The van der Waals surface area contributed by atoms with Gasteiger partial charge in [0, 0.05) is 59.1 Å². The second-order valence-corrected chi connectivity index (χ2v) is 8.22. The zero-order valence-electron chi connectivity index (χ0n) is 18.9. The number of anilines is 1. The molecule has 0 radical (unpaired) electrons. The Kier molecular flexibility index (Phi) is 11.3. The molecule has 3 heterocycles. The fourth-order valence-corrected chi connectivity index (χ4v) is 4.13. The number of hydrogen-bond donors (Lipinski definition) is 3. The number of halogens is 1. The summed E-state index contributed by atoms with van der Waals surface area (Å²) in [5, 5.41) is 9.67. The molecular weight excluding hydrogens is 505 g/mol. The number of aliphatic imine (C=N–C) groups is 1. The highest BCUT2D eigenvalue weighted by atomic mass is 127. The van der Waals surface area contributed by atoms with Crippen LogP contribution in [-0.2, 0) is 11.3 Å². The fourth-order valence-electron chi connectivity index (χ4n) is 4.13. The SMILES string of the molecule is CN=C(NCc1ccnc(N2CCCCCC2)c1)NC1CCN(CC(=O)NC)CC1.I. The van der Waals surface area contributed by atoms with Crippen molar-refractivity contribution in [2.45, 2.75) is 51.1 Å². The summed E-state index contributed by atoms with van der Waals surface area (Å²) in [4.78, 5) is 25.1. The van der Waals surface area contributed by atoms with Gasteiger partial charge in [0.2, 0.25) is 5.91 Å². The first-order valence-electron chi connectivity index (χ1n) is 11.3. The Morgan fingerprint density at radius 3 is 2.52 bits per heavy atom. The molecule has 8 nitrogen and oxygen atoms in total. The van der Waals surface area contributed by atoms with E-state index in [-0.39, 0.29) is 29.9 Å². The molecule has 0 aliphatic carbocycles. The van der Waals surface area contributed by atoms with E-state index in [4.69, 9.17) is 0 Å². The third-order valence-corrected chi connectivity index (χ3v) is 6.00. The molecule has 0 aromatic carbocycles. The first kappa shape index (κ1) is 25.6. The second-order valence-electron chi connectivity index (χ2n) is 8.22. The third-order valence-electron chi connectivity index (χ3n) is 6.00. The van der Waals surface area contributed by atoms with Gasteiger partial charge in [-0.15, -0.1) is 24.0 Å². The molecule has 1 amide bonds. The van der Waals surface area contributed by atoms with Gasteiger partial charge in [0.05, 0.1) is 6.54 Å². The first-order chi connectivity index (χ1) is 14.7. The molecule has 3 rings (SSSR count). The Morgan fingerprint density at radius 1 is 1.16 bits per heavy atom. The van der Waals surface area contributed by atoms with Crippen LogP contribution < -0.4 is 20.9 Å². The van der Waals surface area contributed by atoms with Crippen molar-refractivity contribution in [2.75, 3.05) is 51.7 Å². The Balaban J connectivity index is 0.00000341. The summed E-state index contributed by atoms with van der Waals surface area (Å²) in [6.07, 6.45) is 9.08. The predicted molar refractivity (Wildman–Crippen MR) is 137 cm³/mol. The molecule has 0 spiro atoms. The van der Waals surface area contributed by atoms with E-state index in [0.717, 1.165) is 57.3 Å². The van der Waals surface area contributed by atoms with Crippen molar-refractivity contribution in [2.24, 2.45) is 4.99 Å². The van der Waals surface area contributed by atoms with Crippen molar-refractivity contribution in [3.63, 3.8) is 0 Å². The number of aromatic nitrogens is 1. The fraction of sp³-hybridized carbons (Fsp3) is 0.682. The number of carbonyl (C=O) groups is 1. The smallest absolute Gasteiger partial charge is 0.233 e. The van der Waals surface area contributed by atoms with E-state index >= 15 is 0 Å². The molecule has 9 heteroatoms. The van der Waals surface area contributed by atoms with Crippen molar-refractivity contribution in [3.05, 3.63) is 23.9 Å². The van der Waals surface area contributed by atoms with Crippen LogP contribution >= 0.6 is 24.0 Å². The molecule has 1 aromatic heterocycles. The number of pyridine rings is 1. The van der Waals surface area contributed by atoms with Crippen molar-refractivity contribution in [1.82, 2.24) is 25.8 Å². The van der Waals surface area contributed by atoms with Crippen LogP contribution in [0.3, 0.4) is 0 Å². The lowest BCUT2D eigenvalue weighted by atomic mass is 10.1. The Morgan fingerprint density at radius 2 is 1.87 bits per heavy atom. The summed E-state index contributed by atoms with van der Waals surface area (Å²) < 4.78 is 0. The number of carbonyl (C=O) groups excluding carboxylic acids is 1. The quantitative estimate of drug-likeness (QED) is 0.289. The molecule has 2 aliphatic heterocycles. The number of nitrogens with zero attached hydrogens (tertiary/aromatic N) is 4. The van der Waals surface area contributed by atoms with Gasteiger partial charge >= 0.3 is 0 Å². The maximum absolute atomic E-state index is 11.5. The Bertz CT molecular complexity index is 699. The lowest BCUT2D eigenvalue weighted by molar-refractivity contribution is -0.122. The molecule has 2 saturated heterocycles. The maximum Gasteiger partial charge on any atom is 0.233 e. The summed E-state index contributed by atoms with van der Waals surface area (Å²) in [6, 6.07) is 4.64. The average Bonchev–Trinajstić information content (AvgIpc) is 3.07. The van der Waals surface area contributed by atoms with E-state index in [9.17, 15) is 4.79 Å². The van der Waals surface area contributed by atoms with Crippen LogP contribution in [-0.4, -0.2) is 74.6 Å². The van der Waals surface area contributed by atoms with E-state index < -0.39 is 0 Å². The van der Waals surface area contributed by atoms with Crippen molar-refractivity contribution < 1.29 is 4.79 Å². The number of likely N-dealkylation sites (tertiary alicyclic amines) is 1. The van der Waals surface area contributed by atoms with Gasteiger partial charge in [-0.25, -0.2) is 4.98 Å². The van der Waals surface area contributed by atoms with Gasteiger partial charge in [-0.3, -0.25) is 14.7 Å². The number of likely N-dealkylation sites (N-methyl/N-ethyl adjacent to an activating group) is 1. The van der Waals surface area contributed by atoms with Gasteiger partial charge in [0.25, 0.3) is 0 Å². The minimum atomic E-state index is 0. The largest absolute Gasteiger partial charge is 0.358 e. The molecule has 2 aliphatic rings. The predicted octanol–water partition coefficient (Wildman–Crippen LogP) is 1.96. The zero-order chi connectivity index (χ0) is 21.2. The van der Waals surface area contributed by atoms with Crippen LogP contribution in [0.1, 0.15) is 44.1 Å². The average molecular weight is 543 g/mol. The number of guanidine groups is 1. The van der Waals surface area contributed by atoms with Crippen LogP contribution in [0.4, 0.5) is 5.82 Å². The normalized spacial score (nSPS) is 18.6. The molecule has 1 aromatic rings. The van der Waals surface area contributed by atoms with E-state index in [2.05, 4.69) is 47.9 Å². The van der Waals surface area contributed by atoms with Crippen LogP contribution in [0, 0.1) is 0 Å². The standard InChI is InChI=1S/C22H37N7O.HI/c1-23-21(30)17-28-13-8-19(9-14-28)27-22(24-2)26-16-18-7-10-25-20(15-18)29-11-5-3-4-6-12-29;/h7,10,15,19H,3-6,8-9,11-14,16-17H2,1-2H3,(H,23,30)(H2,24,26,27);1H. The topological polar surface area (TPSA) is 84.9 Å². The number of hydrogen-bond acceptors (Lipinski definition) is 5. The number of nitrogens with one attached hydrogen (secondary N) is 3. The molecule has 31 heavy (non-hydrogen) atoms. The highest BCUT2D eigenvalue weighted by Crippen LogP contribution is 2.18. The van der Waals surface area contributed by atoms with Gasteiger partial charge in [0.1, 0.15) is 5.82 Å². The third kappa shape index (κ3) is 8.44. The molecule has 0 unspecified atom stereocenters. The van der Waals surface area contributed by atoms with Gasteiger partial charge in [0.15, 0.2) is 5.96 Å². The summed E-state index contributed by atoms with van der Waals surface area (Å²) in [7, 11) is 3.50. The minimum Gasteiger partial charge on any atom is -0.358 e. The lowest BCUT2D eigenvalue weighted by Gasteiger charge is -2.32. The molecule has 3 N–H and O–H groups in total. The minimum absolute atomic E-state index is 0. The van der Waals surface area contributed by atoms with Crippen LogP contribution in [0.15, 0.2) is 23.3 Å². The van der Waals surface area contributed by atoms with Gasteiger partial charge in [-0.2, -0.15) is 0 Å². The molecule has 2 fully saturated rings. The van der Waals surface area contributed by atoms with Crippen molar-refractivity contribution >= 4 is 41.7 Å². The molecule has 0 atom stereocenters. The summed E-state index contributed by atoms with van der Waals surface area (Å²) in [5.41, 5.74) is 1.22. The maximum atomic E-state index is 11.5. The highest BCUT2D eigenvalue weighted by Gasteiger charge is 2.21. The van der Waals surface area contributed by atoms with Crippen LogP contribution in [0.5, 0.6) is 0 Å². The summed E-state index contributed by atoms with van der Waals surface area (Å²) in [5.74, 6) is 1.99. The highest BCUT2D eigenvalue weighted by molar-refractivity contribution is 14.0.